The van der Waals surface area contributed by atoms with E-state index in [1.165, 1.54) is 23.3 Å². The molecule has 0 aromatic heterocycles. The summed E-state index contributed by atoms with van der Waals surface area (Å²) in [7, 11) is 0. The van der Waals surface area contributed by atoms with E-state index in [4.69, 9.17) is 4.74 Å². The maximum absolute atomic E-state index is 13.5. The van der Waals surface area contributed by atoms with Crippen molar-refractivity contribution in [1.82, 2.24) is 4.90 Å². The fourth-order valence-corrected chi connectivity index (χ4v) is 4.38. The summed E-state index contributed by atoms with van der Waals surface area (Å²) in [6, 6.07) is 10.5. The summed E-state index contributed by atoms with van der Waals surface area (Å²) in [5.74, 6) is 0.233. The minimum absolute atomic E-state index is 0.354. The lowest BCUT2D eigenvalue weighted by Gasteiger charge is -2.46. The first-order chi connectivity index (χ1) is 13.3. The molecule has 2 aromatic carbocycles. The summed E-state index contributed by atoms with van der Waals surface area (Å²) in [5, 5.41) is 21.2. The molecule has 0 unspecified atom stereocenters. The van der Waals surface area contributed by atoms with Crippen LogP contribution >= 0.6 is 0 Å². The normalized spacial score (nSPS) is 22.5. The van der Waals surface area contributed by atoms with Crippen LogP contribution in [0.15, 0.2) is 36.4 Å². The second-order valence-electron chi connectivity index (χ2n) is 8.35. The molecule has 2 heterocycles. The summed E-state index contributed by atoms with van der Waals surface area (Å²) in [4.78, 5) is 2.25. The Bertz CT molecular complexity index is 861. The first-order valence-corrected chi connectivity index (χ1v) is 9.99. The summed E-state index contributed by atoms with van der Waals surface area (Å²) in [6.07, 6.45) is 0.819. The van der Waals surface area contributed by atoms with Crippen molar-refractivity contribution in [3.8, 4) is 5.75 Å². The first kappa shape index (κ1) is 19.4. The number of halogens is 1. The largest absolute Gasteiger partial charge is 0.487 e. The van der Waals surface area contributed by atoms with Gasteiger partial charge in [-0.05, 0) is 61.6 Å². The van der Waals surface area contributed by atoms with Crippen LogP contribution in [0.2, 0.25) is 0 Å². The SMILES string of the molecule is Cc1ccc([C@H](O)CN2CCC3(CC2)C[C@@H](O)c2cc(F)ccc2O3)cc1C. The molecule has 28 heavy (non-hydrogen) atoms. The van der Waals surface area contributed by atoms with Gasteiger partial charge in [0.15, 0.2) is 0 Å². The quantitative estimate of drug-likeness (QED) is 0.843. The number of benzene rings is 2. The number of β-amino-alcohol motifs (C(OH)–C–C–N with tert-alkyl or cyclic N) is 1. The van der Waals surface area contributed by atoms with Crippen molar-refractivity contribution in [2.45, 2.75) is 50.9 Å². The lowest BCUT2D eigenvalue weighted by atomic mass is 9.81. The highest BCUT2D eigenvalue weighted by Gasteiger charge is 2.43. The second kappa shape index (κ2) is 7.47. The molecule has 5 heteroatoms. The van der Waals surface area contributed by atoms with Gasteiger partial charge in [0.2, 0.25) is 0 Å². The van der Waals surface area contributed by atoms with Crippen molar-refractivity contribution >= 4 is 0 Å². The minimum Gasteiger partial charge on any atom is -0.487 e. The lowest BCUT2D eigenvalue weighted by Crippen LogP contribution is -2.51. The number of hydrogen-bond acceptors (Lipinski definition) is 4. The molecule has 2 aliphatic heterocycles. The molecule has 150 valence electrons. The fourth-order valence-electron chi connectivity index (χ4n) is 4.38. The number of aliphatic hydroxyl groups excluding tert-OH is 2. The molecule has 2 atom stereocenters. The highest BCUT2D eigenvalue weighted by atomic mass is 19.1. The maximum Gasteiger partial charge on any atom is 0.126 e. The van der Waals surface area contributed by atoms with Gasteiger partial charge in [-0.1, -0.05) is 18.2 Å². The van der Waals surface area contributed by atoms with Crippen LogP contribution in [-0.4, -0.2) is 40.3 Å². The third-order valence-electron chi connectivity index (χ3n) is 6.34. The molecule has 4 nitrogen and oxygen atoms in total. The highest BCUT2D eigenvalue weighted by molar-refractivity contribution is 5.38. The number of aryl methyl sites for hydroxylation is 2. The van der Waals surface area contributed by atoms with E-state index in [-0.39, 0.29) is 5.82 Å². The van der Waals surface area contributed by atoms with Crippen LogP contribution < -0.4 is 4.74 Å². The Kier molecular flexibility index (Phi) is 5.17. The van der Waals surface area contributed by atoms with E-state index in [1.54, 1.807) is 6.07 Å². The molecule has 1 fully saturated rings. The number of rotatable bonds is 3. The van der Waals surface area contributed by atoms with Crippen LogP contribution in [0.3, 0.4) is 0 Å². The summed E-state index contributed by atoms with van der Waals surface area (Å²) >= 11 is 0. The van der Waals surface area contributed by atoms with E-state index in [1.807, 2.05) is 6.07 Å². The van der Waals surface area contributed by atoms with E-state index in [2.05, 4.69) is 30.9 Å². The van der Waals surface area contributed by atoms with Crippen molar-refractivity contribution in [1.29, 1.82) is 0 Å². The lowest BCUT2D eigenvalue weighted by molar-refractivity contribution is -0.0589. The number of hydrogen-bond donors (Lipinski definition) is 2. The van der Waals surface area contributed by atoms with Crippen LogP contribution in [0.1, 0.15) is 53.7 Å². The smallest absolute Gasteiger partial charge is 0.126 e. The Labute approximate surface area is 165 Å². The standard InChI is InChI=1S/C23H28FNO3/c1-15-3-4-17(11-16(15)2)21(27)14-25-9-7-23(8-10-25)13-20(26)19-12-18(24)5-6-22(19)28-23/h3-6,11-12,20-21,26-27H,7-10,13-14H2,1-2H3/t20-,21-/m1/s1. The number of piperidine rings is 1. The number of likely N-dealkylation sites (tertiary alicyclic amines) is 1. The van der Waals surface area contributed by atoms with Crippen molar-refractivity contribution in [3.05, 3.63) is 64.5 Å². The van der Waals surface area contributed by atoms with Crippen LogP contribution in [0, 0.1) is 19.7 Å². The van der Waals surface area contributed by atoms with E-state index >= 15 is 0 Å². The first-order valence-electron chi connectivity index (χ1n) is 9.99. The van der Waals surface area contributed by atoms with Crippen molar-refractivity contribution < 1.29 is 19.3 Å². The zero-order valence-corrected chi connectivity index (χ0v) is 16.5. The van der Waals surface area contributed by atoms with Gasteiger partial charge in [0.25, 0.3) is 0 Å². The molecule has 2 aliphatic rings. The van der Waals surface area contributed by atoms with Gasteiger partial charge in [0, 0.05) is 31.6 Å². The molecule has 2 N–H and O–H groups in total. The third kappa shape index (κ3) is 3.79. The van der Waals surface area contributed by atoms with E-state index in [0.717, 1.165) is 31.5 Å². The highest BCUT2D eigenvalue weighted by Crippen LogP contribution is 2.44. The van der Waals surface area contributed by atoms with Crippen LogP contribution in [0.4, 0.5) is 4.39 Å². The van der Waals surface area contributed by atoms with Crippen LogP contribution in [-0.2, 0) is 0 Å². The number of ether oxygens (including phenoxy) is 1. The fraction of sp³-hybridized carbons (Fsp3) is 0.478. The molecular weight excluding hydrogens is 357 g/mol. The van der Waals surface area contributed by atoms with E-state index < -0.39 is 17.8 Å². The molecule has 1 spiro atoms. The summed E-state index contributed by atoms with van der Waals surface area (Å²) < 4.78 is 19.7. The van der Waals surface area contributed by atoms with Gasteiger partial charge in [0.1, 0.15) is 17.2 Å². The van der Waals surface area contributed by atoms with Crippen molar-refractivity contribution in [3.63, 3.8) is 0 Å². The molecule has 4 rings (SSSR count). The van der Waals surface area contributed by atoms with Crippen molar-refractivity contribution in [2.24, 2.45) is 0 Å². The van der Waals surface area contributed by atoms with Gasteiger partial charge >= 0.3 is 0 Å². The Morgan fingerprint density at radius 3 is 2.61 bits per heavy atom. The average molecular weight is 385 g/mol. The summed E-state index contributed by atoms with van der Waals surface area (Å²) in [5.41, 5.74) is 3.49. The van der Waals surface area contributed by atoms with Gasteiger partial charge in [-0.25, -0.2) is 4.39 Å². The van der Waals surface area contributed by atoms with E-state index in [0.29, 0.717) is 24.3 Å². The van der Waals surface area contributed by atoms with Crippen LogP contribution in [0.5, 0.6) is 5.75 Å². The molecule has 2 aromatic rings. The minimum atomic E-state index is -0.702. The van der Waals surface area contributed by atoms with Crippen molar-refractivity contribution in [2.75, 3.05) is 19.6 Å². The predicted molar refractivity (Wildman–Crippen MR) is 106 cm³/mol. The topological polar surface area (TPSA) is 52.9 Å². The molecule has 0 amide bonds. The zero-order chi connectivity index (χ0) is 19.9. The Hall–Kier alpha value is -1.95. The molecule has 0 aliphatic carbocycles. The molecule has 1 saturated heterocycles. The second-order valence-corrected chi connectivity index (χ2v) is 8.35. The monoisotopic (exact) mass is 385 g/mol. The molecule has 0 radical (unpaired) electrons. The van der Waals surface area contributed by atoms with Gasteiger partial charge in [-0.2, -0.15) is 0 Å². The average Bonchev–Trinajstić information content (AvgIpc) is 2.67. The summed E-state index contributed by atoms with van der Waals surface area (Å²) in [6.45, 7) is 6.31. The number of aliphatic hydroxyl groups is 2. The number of fused-ring (bicyclic) bond motifs is 1. The van der Waals surface area contributed by atoms with Crippen LogP contribution in [0.25, 0.3) is 0 Å². The molecular formula is C23H28FNO3. The van der Waals surface area contributed by atoms with Gasteiger partial charge < -0.3 is 19.8 Å². The predicted octanol–water partition coefficient (Wildman–Crippen LogP) is 3.83. The zero-order valence-electron chi connectivity index (χ0n) is 16.5. The Balaban J connectivity index is 1.39. The van der Waals surface area contributed by atoms with Gasteiger partial charge in [-0.15, -0.1) is 0 Å². The third-order valence-corrected chi connectivity index (χ3v) is 6.34. The number of nitrogens with zero attached hydrogens (tertiary/aromatic N) is 1. The van der Waals surface area contributed by atoms with Gasteiger partial charge in [0.05, 0.1) is 12.2 Å². The molecule has 0 bridgehead atoms. The molecule has 0 saturated carbocycles. The Morgan fingerprint density at radius 2 is 1.89 bits per heavy atom. The van der Waals surface area contributed by atoms with E-state index in [9.17, 15) is 14.6 Å². The maximum atomic E-state index is 13.5. The Morgan fingerprint density at radius 1 is 1.14 bits per heavy atom. The van der Waals surface area contributed by atoms with Gasteiger partial charge in [-0.3, -0.25) is 0 Å².